The zero-order valence-electron chi connectivity index (χ0n) is 16.0. The Bertz CT molecular complexity index is 530. The second-order valence-corrected chi connectivity index (χ2v) is 8.46. The van der Waals surface area contributed by atoms with Crippen LogP contribution in [-0.4, -0.2) is 41.3 Å². The summed E-state index contributed by atoms with van der Waals surface area (Å²) in [6.07, 6.45) is 10.4. The van der Waals surface area contributed by atoms with Gasteiger partial charge in [0.25, 0.3) is 5.19 Å². The van der Waals surface area contributed by atoms with Gasteiger partial charge < -0.3 is 20.5 Å². The van der Waals surface area contributed by atoms with E-state index in [2.05, 4.69) is 15.6 Å². The van der Waals surface area contributed by atoms with Crippen molar-refractivity contribution >= 4 is 22.2 Å². The van der Waals surface area contributed by atoms with E-state index < -0.39 is 6.10 Å². The van der Waals surface area contributed by atoms with Crippen LogP contribution in [0, 0.1) is 5.92 Å². The monoisotopic (exact) mass is 383 g/mol. The molecule has 1 aromatic rings. The maximum Gasteiger partial charge on any atom is 0.275 e. The van der Waals surface area contributed by atoms with Crippen molar-refractivity contribution in [2.24, 2.45) is 5.92 Å². The maximum atomic E-state index is 12.0. The zero-order chi connectivity index (χ0) is 18.8. The molecule has 7 heteroatoms. The number of nitrogens with one attached hydrogen (secondary N) is 2. The van der Waals surface area contributed by atoms with Crippen LogP contribution in [0.15, 0.2) is 6.20 Å². The van der Waals surface area contributed by atoms with E-state index in [9.17, 15) is 9.90 Å². The van der Waals surface area contributed by atoms with Crippen LogP contribution in [0.5, 0.6) is 5.19 Å². The van der Waals surface area contributed by atoms with Gasteiger partial charge in [-0.3, -0.25) is 4.79 Å². The lowest BCUT2D eigenvalue weighted by molar-refractivity contribution is -0.116. The first-order chi connectivity index (χ1) is 12.5. The number of ether oxygens (including phenoxy) is 1. The molecule has 0 aromatic carbocycles. The first kappa shape index (κ1) is 21.1. The van der Waals surface area contributed by atoms with Gasteiger partial charge in [-0.2, -0.15) is 0 Å². The fourth-order valence-electron chi connectivity index (χ4n) is 3.20. The second kappa shape index (κ2) is 11.5. The topological polar surface area (TPSA) is 83.5 Å². The van der Waals surface area contributed by atoms with E-state index >= 15 is 0 Å². The molecule has 148 valence electrons. The number of aliphatic hydroxyl groups excluding tert-OH is 1. The van der Waals surface area contributed by atoms with Crippen LogP contribution in [0.2, 0.25) is 0 Å². The number of amides is 1. The minimum absolute atomic E-state index is 0.0350. The number of thiazole rings is 1. The number of carbonyl (C=O) groups excluding carboxylic acids is 1. The molecule has 1 amide bonds. The number of hydrogen-bond donors (Lipinski definition) is 3. The number of nitrogens with zero attached hydrogens (tertiary/aromatic N) is 1. The molecular formula is C19H33N3O3S. The molecule has 3 N–H and O–H groups in total. The summed E-state index contributed by atoms with van der Waals surface area (Å²) in [6.45, 7) is 4.71. The van der Waals surface area contributed by atoms with Crippen molar-refractivity contribution in [3.05, 3.63) is 6.20 Å². The Morgan fingerprint density at radius 3 is 2.88 bits per heavy atom. The summed E-state index contributed by atoms with van der Waals surface area (Å²) in [5, 5.41) is 17.0. The van der Waals surface area contributed by atoms with E-state index in [1.165, 1.54) is 43.4 Å². The highest BCUT2D eigenvalue weighted by atomic mass is 32.1. The van der Waals surface area contributed by atoms with Crippen LogP contribution < -0.4 is 15.4 Å². The van der Waals surface area contributed by atoms with Crippen LogP contribution in [-0.2, 0) is 4.79 Å². The normalized spacial score (nSPS) is 16.2. The predicted molar refractivity (Wildman–Crippen MR) is 106 cm³/mol. The fraction of sp³-hybridized carbons (Fsp3) is 0.789. The quantitative estimate of drug-likeness (QED) is 0.481. The first-order valence-electron chi connectivity index (χ1n) is 9.83. The second-order valence-electron chi connectivity index (χ2n) is 7.46. The Balaban J connectivity index is 1.58. The van der Waals surface area contributed by atoms with Gasteiger partial charge in [-0.25, -0.2) is 4.98 Å². The summed E-state index contributed by atoms with van der Waals surface area (Å²) in [4.78, 5) is 16.1. The van der Waals surface area contributed by atoms with Gasteiger partial charge in [0.05, 0.1) is 6.20 Å². The van der Waals surface area contributed by atoms with Gasteiger partial charge in [0, 0.05) is 19.0 Å². The largest absolute Gasteiger partial charge is 0.467 e. The highest BCUT2D eigenvalue weighted by Gasteiger charge is 2.14. The third-order valence-corrected chi connectivity index (χ3v) is 5.47. The highest BCUT2D eigenvalue weighted by Crippen LogP contribution is 2.29. The Hall–Kier alpha value is -1.18. The molecule has 0 saturated heterocycles. The number of aromatic nitrogens is 1. The average Bonchev–Trinajstić information content (AvgIpc) is 3.27. The van der Waals surface area contributed by atoms with Crippen LogP contribution in [0.25, 0.3) is 0 Å². The Labute approximate surface area is 160 Å². The van der Waals surface area contributed by atoms with E-state index in [0.717, 1.165) is 18.8 Å². The highest BCUT2D eigenvalue weighted by molar-refractivity contribution is 7.17. The van der Waals surface area contributed by atoms with Crippen molar-refractivity contribution in [3.63, 3.8) is 0 Å². The Morgan fingerprint density at radius 2 is 2.15 bits per heavy atom. The summed E-state index contributed by atoms with van der Waals surface area (Å²) in [6, 6.07) is 0.324. The van der Waals surface area contributed by atoms with Crippen LogP contribution in [0.1, 0.15) is 65.2 Å². The summed E-state index contributed by atoms with van der Waals surface area (Å²) in [7, 11) is 0. The number of unbranched alkanes of at least 4 members (excludes halogenated alkanes) is 1. The van der Waals surface area contributed by atoms with Gasteiger partial charge in [0.2, 0.25) is 5.91 Å². The van der Waals surface area contributed by atoms with E-state index in [1.54, 1.807) is 6.20 Å². The Kier molecular flexibility index (Phi) is 9.36. The van der Waals surface area contributed by atoms with Crippen LogP contribution in [0.4, 0.5) is 5.00 Å². The summed E-state index contributed by atoms with van der Waals surface area (Å²) in [5.41, 5.74) is 0. The Morgan fingerprint density at radius 1 is 1.38 bits per heavy atom. The standard InChI is InChI=1S/C19H33N3O3S/c1-14(2)20-11-16(23)13-25-19-21-12-18(26-19)22-17(24)10-6-5-9-15-7-3-4-8-15/h12,14-16,20,23H,3-11,13H2,1-2H3,(H,22,24). The van der Waals surface area contributed by atoms with Gasteiger partial charge in [-0.1, -0.05) is 63.7 Å². The molecule has 1 fully saturated rings. The lowest BCUT2D eigenvalue weighted by atomic mass is 10.00. The third-order valence-electron chi connectivity index (χ3n) is 4.65. The number of anilines is 1. The van der Waals surface area contributed by atoms with Crippen LogP contribution in [0.3, 0.4) is 0 Å². The van der Waals surface area contributed by atoms with Gasteiger partial charge >= 0.3 is 0 Å². The van der Waals surface area contributed by atoms with Crippen molar-refractivity contribution in [2.45, 2.75) is 77.4 Å². The predicted octanol–water partition coefficient (Wildman–Crippen LogP) is 3.57. The first-order valence-corrected chi connectivity index (χ1v) is 10.6. The SMILES string of the molecule is CC(C)NCC(O)COc1ncc(NC(=O)CCCCC2CCCC2)s1. The molecule has 1 aromatic heterocycles. The lowest BCUT2D eigenvalue weighted by Gasteiger charge is -2.13. The van der Waals surface area contributed by atoms with Gasteiger partial charge in [-0.15, -0.1) is 0 Å². The number of carbonyl (C=O) groups is 1. The van der Waals surface area contributed by atoms with E-state index in [0.29, 0.717) is 29.2 Å². The minimum atomic E-state index is -0.584. The van der Waals surface area contributed by atoms with E-state index in [1.807, 2.05) is 13.8 Å². The molecule has 0 aliphatic heterocycles. The summed E-state index contributed by atoms with van der Waals surface area (Å²) < 4.78 is 5.48. The summed E-state index contributed by atoms with van der Waals surface area (Å²) in [5.74, 6) is 0.929. The van der Waals surface area contributed by atoms with Crippen molar-refractivity contribution < 1.29 is 14.6 Å². The molecule has 1 unspecified atom stereocenters. The van der Waals surface area contributed by atoms with Gasteiger partial charge in [0.15, 0.2) is 0 Å². The minimum Gasteiger partial charge on any atom is -0.467 e. The molecule has 0 bridgehead atoms. The molecule has 26 heavy (non-hydrogen) atoms. The fourth-order valence-corrected chi connectivity index (χ4v) is 3.89. The number of rotatable bonds is 12. The maximum absolute atomic E-state index is 12.0. The molecule has 1 heterocycles. The van der Waals surface area contributed by atoms with E-state index in [-0.39, 0.29) is 12.5 Å². The molecule has 1 aliphatic rings. The number of aliphatic hydroxyl groups is 1. The third kappa shape index (κ3) is 8.47. The van der Waals surface area contributed by atoms with Gasteiger partial charge in [-0.05, 0) is 12.3 Å². The molecule has 0 spiro atoms. The molecule has 1 atom stereocenters. The molecule has 0 radical (unpaired) electrons. The summed E-state index contributed by atoms with van der Waals surface area (Å²) >= 11 is 1.29. The van der Waals surface area contributed by atoms with Crippen molar-refractivity contribution in [2.75, 3.05) is 18.5 Å². The van der Waals surface area contributed by atoms with Crippen molar-refractivity contribution in [1.82, 2.24) is 10.3 Å². The molecule has 2 rings (SSSR count). The number of hydrogen-bond acceptors (Lipinski definition) is 6. The lowest BCUT2D eigenvalue weighted by Crippen LogP contribution is -2.35. The zero-order valence-corrected chi connectivity index (χ0v) is 16.8. The van der Waals surface area contributed by atoms with Crippen molar-refractivity contribution in [3.8, 4) is 5.19 Å². The molecule has 1 saturated carbocycles. The molecule has 1 aliphatic carbocycles. The van der Waals surface area contributed by atoms with Crippen molar-refractivity contribution in [1.29, 1.82) is 0 Å². The molecule has 6 nitrogen and oxygen atoms in total. The molecular weight excluding hydrogens is 350 g/mol. The van der Waals surface area contributed by atoms with E-state index in [4.69, 9.17) is 4.74 Å². The van der Waals surface area contributed by atoms with Crippen LogP contribution >= 0.6 is 11.3 Å². The average molecular weight is 384 g/mol. The van der Waals surface area contributed by atoms with Gasteiger partial charge in [0.1, 0.15) is 17.7 Å². The smallest absolute Gasteiger partial charge is 0.275 e.